The lowest BCUT2D eigenvalue weighted by molar-refractivity contribution is 1.13. The SMILES string of the molecule is CN(C)c1ccc(N=C(N)c2ccccc2)cc1. The Kier molecular flexibility index (Phi) is 3.63. The summed E-state index contributed by atoms with van der Waals surface area (Å²) in [7, 11) is 4.02. The number of amidine groups is 1. The summed E-state index contributed by atoms with van der Waals surface area (Å²) in [4.78, 5) is 6.46. The number of anilines is 1. The van der Waals surface area contributed by atoms with E-state index in [1.807, 2.05) is 73.6 Å². The van der Waals surface area contributed by atoms with Gasteiger partial charge < -0.3 is 10.6 Å². The van der Waals surface area contributed by atoms with Crippen molar-refractivity contribution < 1.29 is 0 Å². The molecule has 0 unspecified atom stereocenters. The molecule has 3 heteroatoms. The van der Waals surface area contributed by atoms with Crippen molar-refractivity contribution in [2.45, 2.75) is 0 Å². The van der Waals surface area contributed by atoms with E-state index in [-0.39, 0.29) is 0 Å². The predicted molar refractivity (Wildman–Crippen MR) is 77.6 cm³/mol. The molecule has 2 aromatic carbocycles. The molecular weight excluding hydrogens is 222 g/mol. The third-order valence-electron chi connectivity index (χ3n) is 2.69. The zero-order valence-electron chi connectivity index (χ0n) is 10.7. The fourth-order valence-electron chi connectivity index (χ4n) is 1.64. The lowest BCUT2D eigenvalue weighted by Crippen LogP contribution is -2.12. The summed E-state index contributed by atoms with van der Waals surface area (Å²) in [6.07, 6.45) is 0. The Morgan fingerprint density at radius 2 is 1.56 bits per heavy atom. The first-order valence-corrected chi connectivity index (χ1v) is 5.84. The number of nitrogens with zero attached hydrogens (tertiary/aromatic N) is 2. The van der Waals surface area contributed by atoms with Crippen LogP contribution in [0.4, 0.5) is 11.4 Å². The highest BCUT2D eigenvalue weighted by Gasteiger charge is 1.98. The molecule has 0 bridgehead atoms. The standard InChI is InChI=1S/C15H17N3/c1-18(2)14-10-8-13(9-11-14)17-15(16)12-6-4-3-5-7-12/h3-11H,1-2H3,(H2,16,17). The van der Waals surface area contributed by atoms with Gasteiger partial charge in [0, 0.05) is 25.3 Å². The zero-order valence-corrected chi connectivity index (χ0v) is 10.7. The first-order chi connectivity index (χ1) is 8.66. The van der Waals surface area contributed by atoms with E-state index in [1.165, 1.54) is 0 Å². The van der Waals surface area contributed by atoms with Gasteiger partial charge in [-0.25, -0.2) is 4.99 Å². The molecular formula is C15H17N3. The van der Waals surface area contributed by atoms with Gasteiger partial charge in [-0.1, -0.05) is 30.3 Å². The minimum absolute atomic E-state index is 0.535. The summed E-state index contributed by atoms with van der Waals surface area (Å²) in [5.74, 6) is 0.535. The summed E-state index contributed by atoms with van der Waals surface area (Å²) in [6, 6.07) is 17.7. The molecule has 0 atom stereocenters. The van der Waals surface area contributed by atoms with Gasteiger partial charge in [-0.3, -0.25) is 0 Å². The van der Waals surface area contributed by atoms with Crippen LogP contribution in [0.1, 0.15) is 5.56 Å². The van der Waals surface area contributed by atoms with E-state index in [0.717, 1.165) is 16.9 Å². The van der Waals surface area contributed by atoms with Gasteiger partial charge >= 0.3 is 0 Å². The maximum absolute atomic E-state index is 5.96. The first kappa shape index (κ1) is 12.2. The molecule has 0 aliphatic heterocycles. The Morgan fingerprint density at radius 3 is 2.11 bits per heavy atom. The van der Waals surface area contributed by atoms with Gasteiger partial charge in [0.05, 0.1) is 5.69 Å². The van der Waals surface area contributed by atoms with Crippen LogP contribution in [0, 0.1) is 0 Å². The van der Waals surface area contributed by atoms with Gasteiger partial charge in [0.15, 0.2) is 0 Å². The fourth-order valence-corrected chi connectivity index (χ4v) is 1.64. The van der Waals surface area contributed by atoms with Crippen molar-refractivity contribution in [2.24, 2.45) is 10.7 Å². The van der Waals surface area contributed by atoms with Crippen molar-refractivity contribution >= 4 is 17.2 Å². The summed E-state index contributed by atoms with van der Waals surface area (Å²) < 4.78 is 0. The number of rotatable bonds is 3. The zero-order chi connectivity index (χ0) is 13.0. The Labute approximate surface area is 108 Å². The van der Waals surface area contributed by atoms with E-state index in [4.69, 9.17) is 5.73 Å². The summed E-state index contributed by atoms with van der Waals surface area (Å²) in [5, 5.41) is 0. The van der Waals surface area contributed by atoms with Crippen molar-refractivity contribution in [1.29, 1.82) is 0 Å². The third-order valence-corrected chi connectivity index (χ3v) is 2.69. The predicted octanol–water partition coefficient (Wildman–Crippen LogP) is 2.79. The van der Waals surface area contributed by atoms with Crippen LogP contribution in [0.3, 0.4) is 0 Å². The molecule has 3 nitrogen and oxygen atoms in total. The average Bonchev–Trinajstić information content (AvgIpc) is 2.40. The van der Waals surface area contributed by atoms with Crippen molar-refractivity contribution in [3.05, 3.63) is 60.2 Å². The molecule has 0 fully saturated rings. The molecule has 0 saturated heterocycles. The molecule has 18 heavy (non-hydrogen) atoms. The molecule has 0 aliphatic carbocycles. The number of aliphatic imine (C=N–C) groups is 1. The number of hydrogen-bond donors (Lipinski definition) is 1. The van der Waals surface area contributed by atoms with Gasteiger partial charge in [0.25, 0.3) is 0 Å². The largest absolute Gasteiger partial charge is 0.383 e. The topological polar surface area (TPSA) is 41.6 Å². The molecule has 2 N–H and O–H groups in total. The van der Waals surface area contributed by atoms with Crippen molar-refractivity contribution in [3.63, 3.8) is 0 Å². The summed E-state index contributed by atoms with van der Waals surface area (Å²) in [6.45, 7) is 0. The van der Waals surface area contributed by atoms with Crippen molar-refractivity contribution in [3.8, 4) is 0 Å². The molecule has 0 aliphatic rings. The molecule has 0 saturated carbocycles. The van der Waals surface area contributed by atoms with Crippen LogP contribution in [-0.4, -0.2) is 19.9 Å². The smallest absolute Gasteiger partial charge is 0.131 e. The van der Waals surface area contributed by atoms with E-state index in [1.54, 1.807) is 0 Å². The minimum atomic E-state index is 0.535. The van der Waals surface area contributed by atoms with Crippen LogP contribution in [0.2, 0.25) is 0 Å². The van der Waals surface area contributed by atoms with Crippen LogP contribution in [0.25, 0.3) is 0 Å². The molecule has 0 amide bonds. The van der Waals surface area contributed by atoms with Gasteiger partial charge in [0.2, 0.25) is 0 Å². The Balaban J connectivity index is 2.23. The quantitative estimate of drug-likeness (QED) is 0.661. The first-order valence-electron chi connectivity index (χ1n) is 5.84. The van der Waals surface area contributed by atoms with Crippen LogP contribution < -0.4 is 10.6 Å². The van der Waals surface area contributed by atoms with E-state index in [2.05, 4.69) is 4.99 Å². The second kappa shape index (κ2) is 5.36. The summed E-state index contributed by atoms with van der Waals surface area (Å²) in [5.41, 5.74) is 8.91. The normalized spacial score (nSPS) is 11.3. The minimum Gasteiger partial charge on any atom is -0.383 e. The van der Waals surface area contributed by atoms with Gasteiger partial charge in [-0.05, 0) is 24.3 Å². The van der Waals surface area contributed by atoms with Crippen LogP contribution >= 0.6 is 0 Å². The molecule has 0 spiro atoms. The molecule has 0 heterocycles. The summed E-state index contributed by atoms with van der Waals surface area (Å²) >= 11 is 0. The lowest BCUT2D eigenvalue weighted by Gasteiger charge is -2.11. The highest BCUT2D eigenvalue weighted by molar-refractivity contribution is 5.99. The lowest BCUT2D eigenvalue weighted by atomic mass is 10.2. The van der Waals surface area contributed by atoms with Crippen LogP contribution in [0.5, 0.6) is 0 Å². The van der Waals surface area contributed by atoms with E-state index in [0.29, 0.717) is 5.84 Å². The van der Waals surface area contributed by atoms with E-state index >= 15 is 0 Å². The maximum Gasteiger partial charge on any atom is 0.131 e. The third kappa shape index (κ3) is 2.88. The second-order valence-electron chi connectivity index (χ2n) is 4.27. The van der Waals surface area contributed by atoms with Crippen molar-refractivity contribution in [2.75, 3.05) is 19.0 Å². The monoisotopic (exact) mass is 239 g/mol. The van der Waals surface area contributed by atoms with Crippen LogP contribution in [-0.2, 0) is 0 Å². The second-order valence-corrected chi connectivity index (χ2v) is 4.27. The van der Waals surface area contributed by atoms with Gasteiger partial charge in [-0.15, -0.1) is 0 Å². The maximum atomic E-state index is 5.96. The molecule has 2 aromatic rings. The molecule has 0 aromatic heterocycles. The number of benzene rings is 2. The Bertz CT molecular complexity index is 527. The van der Waals surface area contributed by atoms with Crippen LogP contribution in [0.15, 0.2) is 59.6 Å². The Hall–Kier alpha value is -2.29. The molecule has 2 rings (SSSR count). The van der Waals surface area contributed by atoms with E-state index in [9.17, 15) is 0 Å². The fraction of sp³-hybridized carbons (Fsp3) is 0.133. The average molecular weight is 239 g/mol. The Morgan fingerprint density at radius 1 is 0.944 bits per heavy atom. The number of nitrogens with two attached hydrogens (primary N) is 1. The van der Waals surface area contributed by atoms with Crippen molar-refractivity contribution in [1.82, 2.24) is 0 Å². The molecule has 92 valence electrons. The number of hydrogen-bond acceptors (Lipinski definition) is 2. The van der Waals surface area contributed by atoms with Gasteiger partial charge in [0.1, 0.15) is 5.84 Å². The van der Waals surface area contributed by atoms with Gasteiger partial charge in [-0.2, -0.15) is 0 Å². The molecule has 0 radical (unpaired) electrons. The highest BCUT2D eigenvalue weighted by atomic mass is 15.1. The van der Waals surface area contributed by atoms with E-state index < -0.39 is 0 Å². The highest BCUT2D eigenvalue weighted by Crippen LogP contribution is 2.18.